The number of anilines is 1. The number of nitrogens with zero attached hydrogens (tertiary/aromatic N) is 4. The minimum Gasteiger partial charge on any atom is -0.378 e. The van der Waals surface area contributed by atoms with Crippen molar-refractivity contribution in [2.45, 2.75) is 31.6 Å². The number of amides is 1. The van der Waals surface area contributed by atoms with Gasteiger partial charge >= 0.3 is 0 Å². The van der Waals surface area contributed by atoms with Crippen molar-refractivity contribution in [3.05, 3.63) is 83.2 Å². The lowest BCUT2D eigenvalue weighted by atomic mass is 9.99. The molecule has 10 heteroatoms. The molecule has 4 heterocycles. The molecule has 8 nitrogen and oxygen atoms in total. The first-order chi connectivity index (χ1) is 17.4. The Labute approximate surface area is 206 Å². The number of hydrogen-bond donors (Lipinski definition) is 2. The molecule has 0 saturated carbocycles. The second-order valence-electron chi connectivity index (χ2n) is 8.95. The van der Waals surface area contributed by atoms with Crippen LogP contribution in [0.4, 0.5) is 14.6 Å². The van der Waals surface area contributed by atoms with E-state index in [2.05, 4.69) is 25.7 Å². The van der Waals surface area contributed by atoms with Gasteiger partial charge in [-0.1, -0.05) is 12.1 Å². The van der Waals surface area contributed by atoms with Crippen molar-refractivity contribution in [1.29, 1.82) is 0 Å². The number of hydrogen-bond acceptors (Lipinski definition) is 6. The fourth-order valence-electron chi connectivity index (χ4n) is 4.22. The lowest BCUT2D eigenvalue weighted by Gasteiger charge is -2.27. The highest BCUT2D eigenvalue weighted by Gasteiger charge is 2.26. The Kier molecular flexibility index (Phi) is 6.60. The van der Waals surface area contributed by atoms with Gasteiger partial charge in [-0.05, 0) is 42.7 Å². The maximum Gasteiger partial charge on any atom is 0.270 e. The first kappa shape index (κ1) is 23.8. The summed E-state index contributed by atoms with van der Waals surface area (Å²) in [6.45, 7) is 2.22. The Morgan fingerprint density at radius 1 is 1.19 bits per heavy atom. The molecule has 4 aromatic rings. The largest absolute Gasteiger partial charge is 0.378 e. The second kappa shape index (κ2) is 9.98. The van der Waals surface area contributed by atoms with E-state index in [1.54, 1.807) is 67.6 Å². The molecule has 0 radical (unpaired) electrons. The van der Waals surface area contributed by atoms with Crippen molar-refractivity contribution in [2.75, 3.05) is 18.5 Å². The molecule has 0 spiro atoms. The number of halogens is 2. The Morgan fingerprint density at radius 2 is 2.06 bits per heavy atom. The third-order valence-corrected chi connectivity index (χ3v) is 6.29. The van der Waals surface area contributed by atoms with Crippen LogP contribution in [0.25, 0.3) is 10.9 Å². The van der Waals surface area contributed by atoms with E-state index in [4.69, 9.17) is 4.74 Å². The standard InChI is InChI=1S/C26H26F2N6O2/c1-15-3-4-16(9-19(15)27)25(18-12-30-34(2)13-18)33-26(35)22-6-5-17-11-29-24(10-23(17)31-22)32-21-7-8-36-14-20(21)28/h3-6,9-13,20-21,25H,7-8,14H2,1-2H3,(H,29,32)(H,33,35)/t20-,21+,25+/m1/s1. The summed E-state index contributed by atoms with van der Waals surface area (Å²) in [7, 11) is 1.77. The topological polar surface area (TPSA) is 94.0 Å². The van der Waals surface area contributed by atoms with Crippen molar-refractivity contribution in [3.63, 3.8) is 0 Å². The van der Waals surface area contributed by atoms with Crippen LogP contribution in [0, 0.1) is 12.7 Å². The number of aryl methyl sites for hydroxylation is 2. The van der Waals surface area contributed by atoms with E-state index in [0.717, 1.165) is 5.39 Å². The maximum atomic E-state index is 14.3. The number of rotatable bonds is 6. The Morgan fingerprint density at radius 3 is 2.81 bits per heavy atom. The Bertz CT molecular complexity index is 1410. The fraction of sp³-hybridized carbons (Fsp3) is 0.308. The number of pyridine rings is 2. The molecule has 0 bridgehead atoms. The number of alkyl halides is 1. The van der Waals surface area contributed by atoms with Crippen molar-refractivity contribution >= 4 is 22.6 Å². The van der Waals surface area contributed by atoms with Crippen molar-refractivity contribution < 1.29 is 18.3 Å². The molecule has 1 aliphatic rings. The van der Waals surface area contributed by atoms with E-state index in [1.807, 2.05) is 0 Å². The smallest absolute Gasteiger partial charge is 0.270 e. The number of fused-ring (bicyclic) bond motifs is 1. The van der Waals surface area contributed by atoms with E-state index in [9.17, 15) is 13.6 Å². The summed E-state index contributed by atoms with van der Waals surface area (Å²) in [6.07, 6.45) is 4.44. The summed E-state index contributed by atoms with van der Waals surface area (Å²) in [6, 6.07) is 8.91. The van der Waals surface area contributed by atoms with Crippen LogP contribution >= 0.6 is 0 Å². The summed E-state index contributed by atoms with van der Waals surface area (Å²) < 4.78 is 35.3. The average Bonchev–Trinajstić information content (AvgIpc) is 3.31. The molecule has 1 aromatic carbocycles. The molecule has 0 aliphatic carbocycles. The minimum absolute atomic E-state index is 0.0524. The molecule has 186 valence electrons. The fourth-order valence-corrected chi connectivity index (χ4v) is 4.22. The van der Waals surface area contributed by atoms with E-state index >= 15 is 0 Å². The van der Waals surface area contributed by atoms with Crippen LogP contribution in [-0.4, -0.2) is 51.1 Å². The van der Waals surface area contributed by atoms with Gasteiger partial charge in [0.25, 0.3) is 5.91 Å². The molecule has 0 unspecified atom stereocenters. The molecule has 5 rings (SSSR count). The van der Waals surface area contributed by atoms with Crippen LogP contribution in [0.5, 0.6) is 0 Å². The highest BCUT2D eigenvalue weighted by molar-refractivity contribution is 5.95. The predicted octanol–water partition coefficient (Wildman–Crippen LogP) is 3.87. The van der Waals surface area contributed by atoms with Gasteiger partial charge in [0.05, 0.1) is 30.4 Å². The number of carbonyl (C=O) groups is 1. The van der Waals surface area contributed by atoms with Crippen LogP contribution < -0.4 is 10.6 Å². The second-order valence-corrected chi connectivity index (χ2v) is 8.95. The zero-order valence-corrected chi connectivity index (χ0v) is 19.9. The number of carbonyl (C=O) groups excluding carboxylic acids is 1. The van der Waals surface area contributed by atoms with Crippen LogP contribution in [0.1, 0.15) is 39.6 Å². The minimum atomic E-state index is -1.13. The van der Waals surface area contributed by atoms with Crippen LogP contribution in [0.3, 0.4) is 0 Å². The van der Waals surface area contributed by atoms with Crippen molar-refractivity contribution in [2.24, 2.45) is 7.05 Å². The molecule has 36 heavy (non-hydrogen) atoms. The Hall–Kier alpha value is -3.92. The average molecular weight is 493 g/mol. The highest BCUT2D eigenvalue weighted by atomic mass is 19.1. The Balaban J connectivity index is 1.41. The van der Waals surface area contributed by atoms with Crippen molar-refractivity contribution in [1.82, 2.24) is 25.1 Å². The van der Waals surface area contributed by atoms with Crippen molar-refractivity contribution in [3.8, 4) is 0 Å². The number of nitrogens with one attached hydrogen (secondary N) is 2. The normalized spacial score (nSPS) is 18.7. The van der Waals surface area contributed by atoms with Gasteiger partial charge in [0.2, 0.25) is 0 Å². The van der Waals surface area contributed by atoms with Gasteiger partial charge in [0, 0.05) is 43.1 Å². The van der Waals surface area contributed by atoms with Crippen LogP contribution in [0.2, 0.25) is 0 Å². The third-order valence-electron chi connectivity index (χ3n) is 6.29. The molecule has 1 amide bonds. The lowest BCUT2D eigenvalue weighted by molar-refractivity contribution is 0.0285. The predicted molar refractivity (Wildman–Crippen MR) is 131 cm³/mol. The molecule has 2 N–H and O–H groups in total. The third kappa shape index (κ3) is 5.03. The van der Waals surface area contributed by atoms with Gasteiger partial charge in [-0.3, -0.25) is 9.48 Å². The monoisotopic (exact) mass is 492 g/mol. The molecule has 3 atom stereocenters. The first-order valence-electron chi connectivity index (χ1n) is 11.7. The van der Waals surface area contributed by atoms with Gasteiger partial charge < -0.3 is 15.4 Å². The summed E-state index contributed by atoms with van der Waals surface area (Å²) in [5.41, 5.74) is 2.55. The number of benzene rings is 1. The van der Waals surface area contributed by atoms with Gasteiger partial charge in [-0.25, -0.2) is 18.7 Å². The summed E-state index contributed by atoms with van der Waals surface area (Å²) in [5.74, 6) is -0.302. The zero-order valence-electron chi connectivity index (χ0n) is 19.9. The summed E-state index contributed by atoms with van der Waals surface area (Å²) in [5, 5.41) is 11.0. The molecular weight excluding hydrogens is 466 g/mol. The van der Waals surface area contributed by atoms with Gasteiger partial charge in [0.1, 0.15) is 23.5 Å². The summed E-state index contributed by atoms with van der Waals surface area (Å²) >= 11 is 0. The van der Waals surface area contributed by atoms with E-state index < -0.39 is 24.2 Å². The van der Waals surface area contributed by atoms with Crippen LogP contribution in [0.15, 0.2) is 55.0 Å². The molecule has 1 aliphatic heterocycles. The van der Waals surface area contributed by atoms with Gasteiger partial charge in [-0.2, -0.15) is 5.10 Å². The zero-order chi connectivity index (χ0) is 25.2. The van der Waals surface area contributed by atoms with Crippen LogP contribution in [-0.2, 0) is 11.8 Å². The number of aromatic nitrogens is 4. The summed E-state index contributed by atoms with van der Waals surface area (Å²) in [4.78, 5) is 22.1. The van der Waals surface area contributed by atoms with E-state index in [0.29, 0.717) is 41.1 Å². The van der Waals surface area contributed by atoms with Gasteiger partial charge in [-0.15, -0.1) is 0 Å². The lowest BCUT2D eigenvalue weighted by Crippen LogP contribution is -2.39. The molecule has 3 aromatic heterocycles. The quantitative estimate of drug-likeness (QED) is 0.425. The molecule has 1 saturated heterocycles. The van der Waals surface area contributed by atoms with E-state index in [1.165, 1.54) is 6.07 Å². The number of ether oxygens (including phenoxy) is 1. The highest BCUT2D eigenvalue weighted by Crippen LogP contribution is 2.25. The molecular formula is C26H26F2N6O2. The van der Waals surface area contributed by atoms with Gasteiger partial charge in [0.15, 0.2) is 0 Å². The maximum absolute atomic E-state index is 14.3. The first-order valence-corrected chi connectivity index (χ1v) is 11.7. The molecule has 1 fully saturated rings. The van der Waals surface area contributed by atoms with E-state index in [-0.39, 0.29) is 18.1 Å². The SMILES string of the molecule is Cc1ccc([C@H](NC(=O)c2ccc3cnc(N[C@H]4CCOC[C@H]4F)cc3n2)c2cnn(C)c2)cc1F.